The summed E-state index contributed by atoms with van der Waals surface area (Å²) in [6, 6.07) is 1.77. The zero-order chi connectivity index (χ0) is 20.5. The predicted molar refractivity (Wildman–Crippen MR) is 86.1 cm³/mol. The van der Waals surface area contributed by atoms with Gasteiger partial charge in [-0.3, -0.25) is 4.79 Å². The topological polar surface area (TPSA) is 89.0 Å². The van der Waals surface area contributed by atoms with Crippen LogP contribution >= 0.6 is 0 Å². The van der Waals surface area contributed by atoms with E-state index in [1.807, 2.05) is 0 Å². The summed E-state index contributed by atoms with van der Waals surface area (Å²) in [5.41, 5.74) is -2.35. The van der Waals surface area contributed by atoms with Crippen LogP contribution in [0.2, 0.25) is 0 Å². The van der Waals surface area contributed by atoms with Gasteiger partial charge in [0, 0.05) is 24.4 Å². The van der Waals surface area contributed by atoms with Crippen molar-refractivity contribution in [2.24, 2.45) is 5.41 Å². The van der Waals surface area contributed by atoms with Crippen molar-refractivity contribution >= 4 is 17.4 Å². The third-order valence-electron chi connectivity index (χ3n) is 4.22. The molecule has 1 amide bonds. The molecule has 1 aliphatic rings. The molecule has 1 aliphatic carbocycles. The number of amides is 1. The zero-order valence-corrected chi connectivity index (χ0v) is 14.4. The number of methoxy groups -OCH3 is 1. The number of hydrogen-bond donors (Lipinski definition) is 2. The normalized spacial score (nSPS) is 15.1. The van der Waals surface area contributed by atoms with Crippen LogP contribution in [-0.2, 0) is 0 Å². The van der Waals surface area contributed by atoms with Crippen molar-refractivity contribution in [2.45, 2.75) is 19.0 Å². The average molecular weight is 403 g/mol. The second-order valence-corrected chi connectivity index (χ2v) is 6.20. The standard InChI is InChI=1S/C16H14F5N5O2/c1-28-14-12(13(27)23-7-15(2-3-15)16(19,20)21)26-11(6-22-14)24-8-4-9(17)25-10(18)5-8/h4-6H,2-3,7H2,1H3,(H,23,27)(H,24,25,26). The molecule has 1 saturated carbocycles. The van der Waals surface area contributed by atoms with Crippen LogP contribution in [-0.4, -0.2) is 40.7 Å². The minimum atomic E-state index is -4.42. The van der Waals surface area contributed by atoms with E-state index in [4.69, 9.17) is 4.74 Å². The van der Waals surface area contributed by atoms with Gasteiger partial charge in [-0.2, -0.15) is 26.9 Å². The predicted octanol–water partition coefficient (Wildman–Crippen LogP) is 2.97. The summed E-state index contributed by atoms with van der Waals surface area (Å²) >= 11 is 0. The first kappa shape index (κ1) is 19.7. The van der Waals surface area contributed by atoms with Gasteiger partial charge in [-0.25, -0.2) is 9.97 Å². The number of pyridine rings is 1. The van der Waals surface area contributed by atoms with Crippen LogP contribution in [0.25, 0.3) is 0 Å². The van der Waals surface area contributed by atoms with Crippen molar-refractivity contribution in [3.05, 3.63) is 35.9 Å². The van der Waals surface area contributed by atoms with Crippen molar-refractivity contribution in [1.82, 2.24) is 20.3 Å². The molecule has 150 valence electrons. The highest BCUT2D eigenvalue weighted by Gasteiger charge is 2.63. The summed E-state index contributed by atoms with van der Waals surface area (Å²) in [7, 11) is 1.21. The lowest BCUT2D eigenvalue weighted by Crippen LogP contribution is -2.38. The molecule has 0 radical (unpaired) electrons. The zero-order valence-electron chi connectivity index (χ0n) is 14.4. The van der Waals surface area contributed by atoms with Gasteiger partial charge >= 0.3 is 6.18 Å². The molecular formula is C16H14F5N5O2. The fourth-order valence-electron chi connectivity index (χ4n) is 2.47. The maximum Gasteiger partial charge on any atom is 0.396 e. The van der Waals surface area contributed by atoms with E-state index < -0.39 is 35.9 Å². The third-order valence-corrected chi connectivity index (χ3v) is 4.22. The number of hydrogen-bond acceptors (Lipinski definition) is 6. The smallest absolute Gasteiger partial charge is 0.396 e. The number of rotatable bonds is 6. The highest BCUT2D eigenvalue weighted by atomic mass is 19.4. The first-order chi connectivity index (χ1) is 13.1. The summed E-state index contributed by atoms with van der Waals surface area (Å²) in [6.07, 6.45) is -3.43. The highest BCUT2D eigenvalue weighted by molar-refractivity contribution is 5.94. The summed E-state index contributed by atoms with van der Waals surface area (Å²) < 4.78 is 70.2. The second kappa shape index (κ2) is 7.17. The largest absolute Gasteiger partial charge is 0.479 e. The van der Waals surface area contributed by atoms with E-state index in [1.54, 1.807) is 0 Å². The Morgan fingerprint density at radius 1 is 1.21 bits per heavy atom. The van der Waals surface area contributed by atoms with E-state index in [0.29, 0.717) is 0 Å². The van der Waals surface area contributed by atoms with Crippen LogP contribution in [0.5, 0.6) is 5.88 Å². The minimum absolute atomic E-state index is 0.0511. The lowest BCUT2D eigenvalue weighted by Gasteiger charge is -2.19. The van der Waals surface area contributed by atoms with E-state index in [2.05, 4.69) is 25.6 Å². The maximum atomic E-state index is 13.2. The van der Waals surface area contributed by atoms with Crippen molar-refractivity contribution in [3.8, 4) is 5.88 Å². The quantitative estimate of drug-likeness (QED) is 0.570. The van der Waals surface area contributed by atoms with Crippen LogP contribution < -0.4 is 15.4 Å². The number of carbonyl (C=O) groups is 1. The van der Waals surface area contributed by atoms with Crippen molar-refractivity contribution in [2.75, 3.05) is 19.0 Å². The first-order valence-corrected chi connectivity index (χ1v) is 8.00. The lowest BCUT2D eigenvalue weighted by molar-refractivity contribution is -0.184. The fourth-order valence-corrected chi connectivity index (χ4v) is 2.47. The summed E-state index contributed by atoms with van der Waals surface area (Å²) in [6.45, 7) is -0.599. The molecule has 3 rings (SSSR count). The van der Waals surface area contributed by atoms with Gasteiger partial charge in [-0.05, 0) is 12.8 Å². The molecule has 0 saturated heterocycles. The van der Waals surface area contributed by atoms with E-state index in [0.717, 1.165) is 18.3 Å². The molecular weight excluding hydrogens is 389 g/mol. The van der Waals surface area contributed by atoms with Crippen LogP contribution in [0.1, 0.15) is 23.3 Å². The molecule has 0 aliphatic heterocycles. The number of ether oxygens (including phenoxy) is 1. The van der Waals surface area contributed by atoms with E-state index in [-0.39, 0.29) is 35.9 Å². The Hall–Kier alpha value is -3.05. The van der Waals surface area contributed by atoms with Gasteiger partial charge in [0.1, 0.15) is 5.82 Å². The lowest BCUT2D eigenvalue weighted by atomic mass is 10.1. The van der Waals surface area contributed by atoms with Crippen LogP contribution in [0, 0.1) is 17.3 Å². The molecule has 12 heteroatoms. The number of aromatic nitrogens is 3. The van der Waals surface area contributed by atoms with Crippen molar-refractivity contribution in [3.63, 3.8) is 0 Å². The Morgan fingerprint density at radius 3 is 2.39 bits per heavy atom. The van der Waals surface area contributed by atoms with Gasteiger partial charge in [0.2, 0.25) is 17.8 Å². The van der Waals surface area contributed by atoms with Gasteiger partial charge < -0.3 is 15.4 Å². The van der Waals surface area contributed by atoms with Gasteiger partial charge in [0.25, 0.3) is 5.91 Å². The summed E-state index contributed by atoms with van der Waals surface area (Å²) in [4.78, 5) is 23.0. The van der Waals surface area contributed by atoms with Crippen LogP contribution in [0.3, 0.4) is 0 Å². The Kier molecular flexibility index (Phi) is 5.04. The number of nitrogens with one attached hydrogen (secondary N) is 2. The van der Waals surface area contributed by atoms with Gasteiger partial charge in [-0.1, -0.05) is 0 Å². The molecule has 2 aromatic rings. The molecule has 0 spiro atoms. The Balaban J connectivity index is 1.78. The van der Waals surface area contributed by atoms with Gasteiger partial charge in [-0.15, -0.1) is 0 Å². The molecule has 2 N–H and O–H groups in total. The van der Waals surface area contributed by atoms with Crippen molar-refractivity contribution in [1.29, 1.82) is 0 Å². The average Bonchev–Trinajstić information content (AvgIpc) is 3.40. The molecule has 7 nitrogen and oxygen atoms in total. The molecule has 2 aromatic heterocycles. The van der Waals surface area contributed by atoms with Crippen molar-refractivity contribution < 1.29 is 31.5 Å². The van der Waals surface area contributed by atoms with E-state index in [1.165, 1.54) is 7.11 Å². The molecule has 28 heavy (non-hydrogen) atoms. The second-order valence-electron chi connectivity index (χ2n) is 6.20. The number of carbonyl (C=O) groups excluding carboxylic acids is 1. The van der Waals surface area contributed by atoms with Gasteiger partial charge in [0.15, 0.2) is 5.69 Å². The first-order valence-electron chi connectivity index (χ1n) is 8.00. The summed E-state index contributed by atoms with van der Waals surface area (Å²) in [5.74, 6) is -3.37. The molecule has 1 fully saturated rings. The fraction of sp³-hybridized carbons (Fsp3) is 0.375. The molecule has 0 atom stereocenters. The Morgan fingerprint density at radius 2 is 1.86 bits per heavy atom. The maximum absolute atomic E-state index is 13.2. The Labute approximate surface area is 155 Å². The van der Waals surface area contributed by atoms with Crippen LogP contribution in [0.4, 0.5) is 33.5 Å². The minimum Gasteiger partial charge on any atom is -0.479 e. The van der Waals surface area contributed by atoms with E-state index >= 15 is 0 Å². The number of nitrogens with zero attached hydrogens (tertiary/aromatic N) is 3. The molecule has 0 bridgehead atoms. The van der Waals surface area contributed by atoms with E-state index in [9.17, 15) is 26.7 Å². The van der Waals surface area contributed by atoms with Gasteiger partial charge in [0.05, 0.1) is 18.7 Å². The SMILES string of the molecule is COc1ncc(Nc2cc(F)nc(F)c2)nc1C(=O)NCC1(C(F)(F)F)CC1. The number of halogens is 5. The highest BCUT2D eigenvalue weighted by Crippen LogP contribution is 2.57. The molecule has 0 unspecified atom stereocenters. The van der Waals surface area contributed by atoms with Crippen LogP contribution in [0.15, 0.2) is 18.3 Å². The summed E-state index contributed by atoms with van der Waals surface area (Å²) in [5, 5.41) is 4.73. The molecule has 0 aromatic carbocycles. The monoisotopic (exact) mass is 403 g/mol. The third kappa shape index (κ3) is 4.10. The molecule has 2 heterocycles. The Bertz CT molecular complexity index is 881. The number of anilines is 2. The number of alkyl halides is 3.